The summed E-state index contributed by atoms with van der Waals surface area (Å²) in [6.45, 7) is 7.59. The first-order chi connectivity index (χ1) is 9.88. The summed E-state index contributed by atoms with van der Waals surface area (Å²) in [5.41, 5.74) is 2.68. The highest BCUT2D eigenvalue weighted by atomic mass is 79.9. The van der Waals surface area contributed by atoms with E-state index >= 15 is 0 Å². The Kier molecular flexibility index (Phi) is 5.48. The standard InChI is InChI=1S/C18H21BrClN/c1-18(2,3)17(14-7-5-4-6-8-14)21-12-13-9-10-16(20)15(19)11-13/h4-11,17,21H,12H2,1-3H3. The van der Waals surface area contributed by atoms with E-state index in [0.717, 1.165) is 16.0 Å². The molecule has 2 aromatic carbocycles. The van der Waals surface area contributed by atoms with Crippen LogP contribution in [0.1, 0.15) is 37.9 Å². The molecule has 1 unspecified atom stereocenters. The zero-order valence-corrected chi connectivity index (χ0v) is 15.0. The van der Waals surface area contributed by atoms with Crippen LogP contribution in [0.25, 0.3) is 0 Å². The lowest BCUT2D eigenvalue weighted by Gasteiger charge is -2.32. The number of nitrogens with one attached hydrogen (secondary N) is 1. The summed E-state index contributed by atoms with van der Waals surface area (Å²) in [5, 5.41) is 4.42. The third-order valence-corrected chi connectivity index (χ3v) is 4.71. The predicted molar refractivity (Wildman–Crippen MR) is 94.6 cm³/mol. The van der Waals surface area contributed by atoms with Gasteiger partial charge in [0.05, 0.1) is 5.02 Å². The molecule has 0 aliphatic carbocycles. The van der Waals surface area contributed by atoms with E-state index in [1.807, 2.05) is 6.07 Å². The normalized spacial score (nSPS) is 13.2. The smallest absolute Gasteiger partial charge is 0.0548 e. The molecule has 0 aromatic heterocycles. The third kappa shape index (κ3) is 4.57. The summed E-state index contributed by atoms with van der Waals surface area (Å²) >= 11 is 9.52. The van der Waals surface area contributed by atoms with Crippen molar-refractivity contribution in [3.8, 4) is 0 Å². The van der Waals surface area contributed by atoms with Gasteiger partial charge in [-0.15, -0.1) is 0 Å². The van der Waals surface area contributed by atoms with E-state index in [4.69, 9.17) is 11.6 Å². The Morgan fingerprint density at radius 3 is 2.33 bits per heavy atom. The number of halogens is 2. The molecule has 0 saturated carbocycles. The van der Waals surface area contributed by atoms with Gasteiger partial charge in [-0.25, -0.2) is 0 Å². The summed E-state index contributed by atoms with van der Waals surface area (Å²) < 4.78 is 0.940. The maximum absolute atomic E-state index is 6.04. The molecule has 0 radical (unpaired) electrons. The van der Waals surface area contributed by atoms with Crippen molar-refractivity contribution in [3.05, 3.63) is 69.2 Å². The second-order valence-electron chi connectivity index (χ2n) is 6.34. The molecule has 21 heavy (non-hydrogen) atoms. The van der Waals surface area contributed by atoms with Crippen LogP contribution in [0.15, 0.2) is 53.0 Å². The largest absolute Gasteiger partial charge is 0.305 e. The second kappa shape index (κ2) is 6.95. The summed E-state index contributed by atoms with van der Waals surface area (Å²) in [7, 11) is 0. The van der Waals surface area contributed by atoms with Crippen LogP contribution in [0.4, 0.5) is 0 Å². The minimum atomic E-state index is 0.144. The van der Waals surface area contributed by atoms with Crippen LogP contribution in [0.5, 0.6) is 0 Å². The lowest BCUT2D eigenvalue weighted by molar-refractivity contribution is 0.271. The van der Waals surface area contributed by atoms with Gasteiger partial charge in [-0.3, -0.25) is 0 Å². The average Bonchev–Trinajstić information content (AvgIpc) is 2.43. The van der Waals surface area contributed by atoms with Crippen LogP contribution in [-0.2, 0) is 6.54 Å². The highest BCUT2D eigenvalue weighted by molar-refractivity contribution is 9.10. The highest BCUT2D eigenvalue weighted by Gasteiger charge is 2.25. The number of hydrogen-bond donors (Lipinski definition) is 1. The van der Waals surface area contributed by atoms with E-state index in [2.05, 4.69) is 84.5 Å². The van der Waals surface area contributed by atoms with Gasteiger partial charge in [-0.1, -0.05) is 68.8 Å². The van der Waals surface area contributed by atoms with E-state index < -0.39 is 0 Å². The van der Waals surface area contributed by atoms with Crippen molar-refractivity contribution >= 4 is 27.5 Å². The van der Waals surface area contributed by atoms with Gasteiger partial charge in [0.25, 0.3) is 0 Å². The first-order valence-corrected chi connectivity index (χ1v) is 8.27. The fourth-order valence-electron chi connectivity index (χ4n) is 2.44. The van der Waals surface area contributed by atoms with E-state index in [-0.39, 0.29) is 5.41 Å². The lowest BCUT2D eigenvalue weighted by atomic mass is 9.82. The molecule has 0 saturated heterocycles. The minimum Gasteiger partial charge on any atom is -0.305 e. The predicted octanol–water partition coefficient (Wildman–Crippen LogP) is 5.98. The molecule has 2 aromatic rings. The molecule has 0 spiro atoms. The molecule has 0 aliphatic rings. The molecule has 0 heterocycles. The van der Waals surface area contributed by atoms with Crippen LogP contribution in [0, 0.1) is 5.41 Å². The van der Waals surface area contributed by atoms with Crippen molar-refractivity contribution in [2.75, 3.05) is 0 Å². The molecule has 0 fully saturated rings. The Morgan fingerprint density at radius 2 is 1.76 bits per heavy atom. The van der Waals surface area contributed by atoms with Crippen molar-refractivity contribution in [1.29, 1.82) is 0 Å². The third-order valence-electron chi connectivity index (χ3n) is 3.49. The van der Waals surface area contributed by atoms with Gasteiger partial charge in [0.1, 0.15) is 0 Å². The van der Waals surface area contributed by atoms with E-state index in [1.54, 1.807) is 0 Å². The Balaban J connectivity index is 2.15. The first kappa shape index (κ1) is 16.5. The van der Waals surface area contributed by atoms with Gasteiger partial charge in [0.2, 0.25) is 0 Å². The van der Waals surface area contributed by atoms with Gasteiger partial charge in [-0.2, -0.15) is 0 Å². The zero-order chi connectivity index (χ0) is 15.5. The van der Waals surface area contributed by atoms with E-state index in [1.165, 1.54) is 11.1 Å². The van der Waals surface area contributed by atoms with Gasteiger partial charge < -0.3 is 5.32 Å². The quantitative estimate of drug-likeness (QED) is 0.702. The summed E-state index contributed by atoms with van der Waals surface area (Å²) in [4.78, 5) is 0. The Hall–Kier alpha value is -0.830. The molecule has 3 heteroatoms. The summed E-state index contributed by atoms with van der Waals surface area (Å²) in [5.74, 6) is 0. The fraction of sp³-hybridized carbons (Fsp3) is 0.333. The van der Waals surface area contributed by atoms with Crippen molar-refractivity contribution < 1.29 is 0 Å². The van der Waals surface area contributed by atoms with Crippen molar-refractivity contribution in [1.82, 2.24) is 5.32 Å². The number of rotatable bonds is 4. The number of benzene rings is 2. The lowest BCUT2D eigenvalue weighted by Crippen LogP contribution is -2.32. The Labute approximate surface area is 140 Å². The SMILES string of the molecule is CC(C)(C)C(NCc1ccc(Cl)c(Br)c1)c1ccccc1. The molecule has 0 amide bonds. The highest BCUT2D eigenvalue weighted by Crippen LogP contribution is 2.33. The van der Waals surface area contributed by atoms with Crippen LogP contribution >= 0.6 is 27.5 Å². The van der Waals surface area contributed by atoms with Gasteiger partial charge >= 0.3 is 0 Å². The minimum absolute atomic E-state index is 0.144. The molecule has 1 nitrogen and oxygen atoms in total. The average molecular weight is 367 g/mol. The van der Waals surface area contributed by atoms with Crippen LogP contribution in [0.3, 0.4) is 0 Å². The van der Waals surface area contributed by atoms with Crippen molar-refractivity contribution in [2.24, 2.45) is 5.41 Å². The molecule has 2 rings (SSSR count). The molecular formula is C18H21BrClN. The molecule has 1 atom stereocenters. The van der Waals surface area contributed by atoms with Crippen molar-refractivity contribution in [3.63, 3.8) is 0 Å². The van der Waals surface area contributed by atoms with Crippen LogP contribution < -0.4 is 5.32 Å². The Bertz CT molecular complexity index is 590. The summed E-state index contributed by atoms with van der Waals surface area (Å²) in [6, 6.07) is 17.0. The first-order valence-electron chi connectivity index (χ1n) is 7.10. The molecule has 0 aliphatic heterocycles. The van der Waals surface area contributed by atoms with Gasteiger partial charge in [0.15, 0.2) is 0 Å². The monoisotopic (exact) mass is 365 g/mol. The molecule has 1 N–H and O–H groups in total. The van der Waals surface area contributed by atoms with Gasteiger partial charge in [-0.05, 0) is 44.6 Å². The molecule has 0 bridgehead atoms. The summed E-state index contributed by atoms with van der Waals surface area (Å²) in [6.07, 6.45) is 0. The molecular weight excluding hydrogens is 346 g/mol. The zero-order valence-electron chi connectivity index (χ0n) is 12.7. The van der Waals surface area contributed by atoms with Gasteiger partial charge in [0, 0.05) is 17.1 Å². The van der Waals surface area contributed by atoms with Crippen LogP contribution in [0.2, 0.25) is 5.02 Å². The topological polar surface area (TPSA) is 12.0 Å². The van der Waals surface area contributed by atoms with Crippen molar-refractivity contribution in [2.45, 2.75) is 33.4 Å². The maximum atomic E-state index is 6.04. The second-order valence-corrected chi connectivity index (χ2v) is 7.60. The van der Waals surface area contributed by atoms with Crippen LogP contribution in [-0.4, -0.2) is 0 Å². The molecule has 112 valence electrons. The number of hydrogen-bond acceptors (Lipinski definition) is 1. The fourth-order valence-corrected chi connectivity index (χ4v) is 2.98. The Morgan fingerprint density at radius 1 is 1.10 bits per heavy atom. The van der Waals surface area contributed by atoms with E-state index in [9.17, 15) is 0 Å². The van der Waals surface area contributed by atoms with E-state index in [0.29, 0.717) is 6.04 Å². The maximum Gasteiger partial charge on any atom is 0.0548 e.